The highest BCUT2D eigenvalue weighted by atomic mass is 79.9. The number of benzene rings is 1. The van der Waals surface area contributed by atoms with Crippen molar-refractivity contribution in [2.45, 2.75) is 26.2 Å². The van der Waals surface area contributed by atoms with Crippen LogP contribution in [0.1, 0.15) is 61.0 Å². The number of halogens is 1. The quantitative estimate of drug-likeness (QED) is 0.465. The molecule has 0 aliphatic heterocycles. The van der Waals surface area contributed by atoms with Gasteiger partial charge in [0.25, 0.3) is 11.8 Å². The van der Waals surface area contributed by atoms with E-state index in [2.05, 4.69) is 42.3 Å². The van der Waals surface area contributed by atoms with Crippen LogP contribution in [-0.2, 0) is 6.42 Å². The first-order valence-electron chi connectivity index (χ1n) is 10.2. The molecule has 0 saturated carbocycles. The highest BCUT2D eigenvalue weighted by Gasteiger charge is 2.28. The van der Waals surface area contributed by atoms with Gasteiger partial charge in [-0.05, 0) is 53.9 Å². The van der Waals surface area contributed by atoms with Crippen LogP contribution in [0.25, 0.3) is 0 Å². The number of carbonyl (C=O) groups is 3. The molecule has 0 atom stereocenters. The van der Waals surface area contributed by atoms with Crippen molar-refractivity contribution in [2.24, 2.45) is 5.10 Å². The van der Waals surface area contributed by atoms with Gasteiger partial charge in [0.2, 0.25) is 0 Å². The van der Waals surface area contributed by atoms with Gasteiger partial charge in [0.1, 0.15) is 5.76 Å². The number of nitrogens with one attached hydrogen (secondary N) is 3. The molecule has 3 amide bonds. The Hall–Kier alpha value is -3.79. The first-order valence-corrected chi connectivity index (χ1v) is 11.0. The molecule has 0 radical (unpaired) electrons. The number of aromatic nitrogens is 1. The Morgan fingerprint density at radius 3 is 2.52 bits per heavy atom. The SMILES string of the molecule is Cc1c(C(=O)NNC(=O)c2ccccc2)oc2c1/C(=N/NC(=O)c1cncc(Br)c1)CCC2. The smallest absolute Gasteiger partial charge is 0.305 e. The van der Waals surface area contributed by atoms with E-state index in [1.807, 2.05) is 0 Å². The molecule has 3 aromatic rings. The highest BCUT2D eigenvalue weighted by molar-refractivity contribution is 9.10. The summed E-state index contributed by atoms with van der Waals surface area (Å²) < 4.78 is 6.48. The number of aryl methyl sites for hydroxylation is 1. The van der Waals surface area contributed by atoms with E-state index in [4.69, 9.17) is 4.42 Å². The number of hydrazine groups is 1. The topological polar surface area (TPSA) is 126 Å². The largest absolute Gasteiger partial charge is 0.455 e. The Morgan fingerprint density at radius 1 is 1.00 bits per heavy atom. The molecule has 0 spiro atoms. The van der Waals surface area contributed by atoms with Crippen LogP contribution in [0.3, 0.4) is 0 Å². The summed E-state index contributed by atoms with van der Waals surface area (Å²) >= 11 is 3.29. The Labute approximate surface area is 197 Å². The molecule has 9 nitrogen and oxygen atoms in total. The van der Waals surface area contributed by atoms with Crippen LogP contribution in [0.15, 0.2) is 62.8 Å². The van der Waals surface area contributed by atoms with Crippen LogP contribution >= 0.6 is 15.9 Å². The fourth-order valence-corrected chi connectivity index (χ4v) is 3.91. The van der Waals surface area contributed by atoms with Crippen molar-refractivity contribution in [3.05, 3.63) is 87.0 Å². The predicted molar refractivity (Wildman–Crippen MR) is 124 cm³/mol. The number of hydrogen-bond acceptors (Lipinski definition) is 6. The highest BCUT2D eigenvalue weighted by Crippen LogP contribution is 2.29. The van der Waals surface area contributed by atoms with E-state index in [-0.39, 0.29) is 5.76 Å². The summed E-state index contributed by atoms with van der Waals surface area (Å²) in [6, 6.07) is 10.2. The second-order valence-electron chi connectivity index (χ2n) is 7.37. The lowest BCUT2D eigenvalue weighted by Gasteiger charge is -2.13. The molecule has 1 aliphatic carbocycles. The number of carbonyl (C=O) groups excluding carboxylic acids is 3. The zero-order chi connectivity index (χ0) is 23.4. The number of hydrazone groups is 1. The van der Waals surface area contributed by atoms with Crippen LogP contribution in [-0.4, -0.2) is 28.4 Å². The van der Waals surface area contributed by atoms with Gasteiger partial charge in [-0.15, -0.1) is 0 Å². The predicted octanol–water partition coefficient (Wildman–Crippen LogP) is 3.29. The molecular formula is C23H20BrN5O4. The van der Waals surface area contributed by atoms with E-state index in [1.54, 1.807) is 49.5 Å². The van der Waals surface area contributed by atoms with E-state index in [0.717, 1.165) is 6.42 Å². The molecule has 10 heteroatoms. The van der Waals surface area contributed by atoms with Crippen molar-refractivity contribution in [3.63, 3.8) is 0 Å². The van der Waals surface area contributed by atoms with Crippen LogP contribution in [0.4, 0.5) is 0 Å². The maximum absolute atomic E-state index is 12.7. The van der Waals surface area contributed by atoms with E-state index < -0.39 is 17.7 Å². The van der Waals surface area contributed by atoms with E-state index >= 15 is 0 Å². The summed E-state index contributed by atoms with van der Waals surface area (Å²) in [5, 5.41) is 4.29. The number of hydrogen-bond donors (Lipinski definition) is 3. The molecular weight excluding hydrogens is 490 g/mol. The second kappa shape index (κ2) is 9.78. The number of furan rings is 1. The molecule has 0 unspecified atom stereocenters. The van der Waals surface area contributed by atoms with Crippen LogP contribution in [0, 0.1) is 6.92 Å². The van der Waals surface area contributed by atoms with Gasteiger partial charge in [0.15, 0.2) is 5.76 Å². The van der Waals surface area contributed by atoms with Gasteiger partial charge in [0, 0.05) is 40.0 Å². The van der Waals surface area contributed by atoms with E-state index in [0.29, 0.717) is 51.0 Å². The van der Waals surface area contributed by atoms with Gasteiger partial charge >= 0.3 is 5.91 Å². The summed E-state index contributed by atoms with van der Waals surface area (Å²) in [6.07, 6.45) is 5.05. The van der Waals surface area contributed by atoms with Crippen molar-refractivity contribution in [3.8, 4) is 0 Å². The Bertz CT molecular complexity index is 1250. The fraction of sp³-hybridized carbons (Fsp3) is 0.174. The van der Waals surface area contributed by atoms with Crippen LogP contribution < -0.4 is 16.3 Å². The van der Waals surface area contributed by atoms with Crippen LogP contribution in [0.5, 0.6) is 0 Å². The Kier molecular flexibility index (Phi) is 6.64. The molecule has 2 heterocycles. The van der Waals surface area contributed by atoms with Gasteiger partial charge in [-0.1, -0.05) is 18.2 Å². The maximum Gasteiger partial charge on any atom is 0.305 e. The third kappa shape index (κ3) is 5.01. The average molecular weight is 510 g/mol. The Morgan fingerprint density at radius 2 is 1.76 bits per heavy atom. The fourth-order valence-electron chi connectivity index (χ4n) is 3.55. The Balaban J connectivity index is 1.49. The monoisotopic (exact) mass is 509 g/mol. The third-order valence-electron chi connectivity index (χ3n) is 5.12. The lowest BCUT2D eigenvalue weighted by Crippen LogP contribution is -2.41. The summed E-state index contributed by atoms with van der Waals surface area (Å²) in [5.41, 5.74) is 10.0. The molecule has 33 heavy (non-hydrogen) atoms. The molecule has 4 rings (SSSR count). The average Bonchev–Trinajstić information content (AvgIpc) is 3.18. The van der Waals surface area contributed by atoms with Crippen LogP contribution in [0.2, 0.25) is 0 Å². The standard InChI is InChI=1S/C23H20BrN5O4/c1-13-19-17(26-27-22(31)15-10-16(24)12-25-11-15)8-5-9-18(19)33-20(13)23(32)29-28-21(30)14-6-3-2-4-7-14/h2-4,6-7,10-12H,5,8-9H2,1H3,(H,27,31)(H,28,30)(H,29,32)/b26-17+. The second-order valence-corrected chi connectivity index (χ2v) is 8.29. The van der Waals surface area contributed by atoms with Gasteiger partial charge in [-0.2, -0.15) is 5.10 Å². The normalized spacial score (nSPS) is 13.8. The summed E-state index contributed by atoms with van der Waals surface area (Å²) in [7, 11) is 0. The number of fused-ring (bicyclic) bond motifs is 1. The van der Waals surface area contributed by atoms with Gasteiger partial charge in [-0.25, -0.2) is 5.43 Å². The lowest BCUT2D eigenvalue weighted by molar-refractivity contribution is 0.0829. The van der Waals surface area contributed by atoms with Gasteiger partial charge in [0.05, 0.1) is 11.3 Å². The molecule has 168 valence electrons. The summed E-state index contributed by atoms with van der Waals surface area (Å²) in [5.74, 6) is -0.702. The van der Waals surface area contributed by atoms with Gasteiger partial charge in [-0.3, -0.25) is 30.2 Å². The minimum Gasteiger partial charge on any atom is -0.455 e. The summed E-state index contributed by atoms with van der Waals surface area (Å²) in [6.45, 7) is 1.75. The van der Waals surface area contributed by atoms with Crippen molar-refractivity contribution in [1.82, 2.24) is 21.3 Å². The van der Waals surface area contributed by atoms with Gasteiger partial charge < -0.3 is 4.42 Å². The van der Waals surface area contributed by atoms with Crippen molar-refractivity contribution < 1.29 is 18.8 Å². The zero-order valence-electron chi connectivity index (χ0n) is 17.6. The number of rotatable bonds is 4. The first kappa shape index (κ1) is 22.4. The first-order chi connectivity index (χ1) is 15.9. The van der Waals surface area contributed by atoms with E-state index in [1.165, 1.54) is 6.20 Å². The molecule has 0 fully saturated rings. The van der Waals surface area contributed by atoms with Crippen molar-refractivity contribution >= 4 is 39.4 Å². The number of nitrogens with zero attached hydrogens (tertiary/aromatic N) is 2. The zero-order valence-corrected chi connectivity index (χ0v) is 19.2. The molecule has 1 aromatic carbocycles. The molecule has 1 aliphatic rings. The molecule has 0 saturated heterocycles. The van der Waals surface area contributed by atoms with Crippen molar-refractivity contribution in [2.75, 3.05) is 0 Å². The van der Waals surface area contributed by atoms with E-state index in [9.17, 15) is 14.4 Å². The summed E-state index contributed by atoms with van der Waals surface area (Å²) in [4.78, 5) is 41.2. The maximum atomic E-state index is 12.7. The molecule has 0 bridgehead atoms. The minimum absolute atomic E-state index is 0.0884. The minimum atomic E-state index is -0.574. The third-order valence-corrected chi connectivity index (χ3v) is 5.55. The number of pyridine rings is 1. The molecule has 3 N–H and O–H groups in total. The van der Waals surface area contributed by atoms with Crippen molar-refractivity contribution in [1.29, 1.82) is 0 Å². The number of amides is 3. The molecule has 2 aromatic heterocycles. The lowest BCUT2D eigenvalue weighted by atomic mass is 9.93.